The van der Waals surface area contributed by atoms with Crippen molar-refractivity contribution >= 4 is 93.8 Å². The molecule has 0 saturated carbocycles. The fourth-order valence-electron chi connectivity index (χ4n) is 4.81. The molecule has 0 aromatic carbocycles. The van der Waals surface area contributed by atoms with Crippen LogP contribution in [-0.2, 0) is 27.2 Å². The lowest BCUT2D eigenvalue weighted by atomic mass is 10.3. The molecule has 14 heteroatoms. The molecule has 0 saturated heterocycles. The molecule has 0 spiro atoms. The van der Waals surface area contributed by atoms with E-state index in [0.29, 0.717) is 20.4 Å². The molecule has 0 atom stereocenters. The first-order valence-electron chi connectivity index (χ1n) is 14.7. The largest absolute Gasteiger partial charge is 0.362 e. The molecule has 6 rings (SSSR count). The van der Waals surface area contributed by atoms with Crippen LogP contribution in [0.1, 0.15) is 27.7 Å². The molecule has 6 heterocycles. The van der Waals surface area contributed by atoms with Crippen LogP contribution in [-0.4, -0.2) is 26.4 Å². The summed E-state index contributed by atoms with van der Waals surface area (Å²) < 4.78 is 52.7. The minimum absolute atomic E-state index is 0.211. The molecule has 46 heavy (non-hydrogen) atoms. The molecule has 0 aliphatic rings. The van der Waals surface area contributed by atoms with E-state index in [4.69, 9.17) is 18.1 Å². The Labute approximate surface area is 293 Å². The van der Waals surface area contributed by atoms with Gasteiger partial charge >= 0.3 is 15.2 Å². The van der Waals surface area contributed by atoms with E-state index in [1.54, 1.807) is 73.0 Å². The van der Waals surface area contributed by atoms with Gasteiger partial charge in [-0.15, -0.1) is 68.0 Å². The SMILES string of the molecule is CCOP(=O)(OCC)c1cc(-c2ccc(-c3cccs3)s2)sc1-c1sc(-c2ccc(-c3cccs3)s2)cc1P(=O)(OCC)OCC. The van der Waals surface area contributed by atoms with Crippen molar-refractivity contribution in [3.8, 4) is 48.8 Å². The van der Waals surface area contributed by atoms with Gasteiger partial charge in [-0.3, -0.25) is 9.13 Å². The highest BCUT2D eigenvalue weighted by atomic mass is 32.1. The molecule has 0 unspecified atom stereocenters. The van der Waals surface area contributed by atoms with Crippen LogP contribution >= 0.6 is 83.2 Å². The Morgan fingerprint density at radius 1 is 0.478 bits per heavy atom. The molecule has 6 aromatic rings. The van der Waals surface area contributed by atoms with Crippen LogP contribution in [0.25, 0.3) is 48.8 Å². The van der Waals surface area contributed by atoms with Gasteiger partial charge in [0.2, 0.25) is 0 Å². The topological polar surface area (TPSA) is 71.1 Å². The van der Waals surface area contributed by atoms with Crippen LogP contribution in [0.4, 0.5) is 0 Å². The second kappa shape index (κ2) is 14.9. The predicted octanol–water partition coefficient (Wildman–Crippen LogP) is 12.2. The number of thiophene rings is 6. The Morgan fingerprint density at radius 2 is 0.826 bits per heavy atom. The standard InChI is InChI=1S/C32H32O6P2S6/c1-5-35-39(33,36-6-2)21-19-29(27-15-13-25(43-27)23-11-9-17-41-23)45-31(21)32-22(40(34,37-7-3)38-8-4)20-30(46-32)28-16-14-26(44-28)24-12-10-18-42-24/h9-20H,5-8H2,1-4H3. The van der Waals surface area contributed by atoms with Gasteiger partial charge in [0, 0.05) is 39.0 Å². The molecule has 0 radical (unpaired) electrons. The van der Waals surface area contributed by atoms with Crippen LogP contribution in [0.2, 0.25) is 0 Å². The predicted molar refractivity (Wildman–Crippen MR) is 202 cm³/mol. The number of hydrogen-bond acceptors (Lipinski definition) is 12. The first kappa shape index (κ1) is 34.4. The summed E-state index contributed by atoms with van der Waals surface area (Å²) in [5.74, 6) is 0. The van der Waals surface area contributed by atoms with Gasteiger partial charge in [-0.25, -0.2) is 0 Å². The van der Waals surface area contributed by atoms with Crippen molar-refractivity contribution in [3.63, 3.8) is 0 Å². The quantitative estimate of drug-likeness (QED) is 0.0969. The zero-order valence-electron chi connectivity index (χ0n) is 25.6. The van der Waals surface area contributed by atoms with Gasteiger partial charge in [0.05, 0.1) is 46.8 Å². The van der Waals surface area contributed by atoms with E-state index in [0.717, 1.165) is 29.3 Å². The maximum absolute atomic E-state index is 14.5. The molecule has 6 aromatic heterocycles. The Bertz CT molecular complexity index is 1820. The zero-order chi connectivity index (χ0) is 32.3. The number of rotatable bonds is 15. The zero-order valence-corrected chi connectivity index (χ0v) is 32.2. The maximum Gasteiger partial charge on any atom is 0.362 e. The van der Waals surface area contributed by atoms with E-state index in [1.165, 1.54) is 32.4 Å². The van der Waals surface area contributed by atoms with Gasteiger partial charge in [-0.05, 0) is 87.0 Å². The lowest BCUT2D eigenvalue weighted by molar-refractivity contribution is 0.229. The highest BCUT2D eigenvalue weighted by molar-refractivity contribution is 7.64. The third-order valence-electron chi connectivity index (χ3n) is 6.64. The highest BCUT2D eigenvalue weighted by Crippen LogP contribution is 2.58. The smallest absolute Gasteiger partial charge is 0.305 e. The summed E-state index contributed by atoms with van der Waals surface area (Å²) in [6.07, 6.45) is 0. The van der Waals surface area contributed by atoms with E-state index in [2.05, 4.69) is 47.2 Å². The molecular formula is C32H32O6P2S6. The second-order valence-electron chi connectivity index (χ2n) is 9.60. The van der Waals surface area contributed by atoms with Crippen LogP contribution in [0.3, 0.4) is 0 Å². The third-order valence-corrected chi connectivity index (χ3v) is 18.4. The fraction of sp³-hybridized carbons (Fsp3) is 0.250. The molecule has 0 bridgehead atoms. The Hall–Kier alpha value is -1.50. The maximum atomic E-state index is 14.5. The summed E-state index contributed by atoms with van der Waals surface area (Å²) in [7, 11) is -7.51. The molecule has 242 valence electrons. The summed E-state index contributed by atoms with van der Waals surface area (Å²) in [6, 6.07) is 20.6. The van der Waals surface area contributed by atoms with Gasteiger partial charge in [0.25, 0.3) is 0 Å². The Kier molecular flexibility index (Phi) is 11.2. The normalized spacial score (nSPS) is 12.3. The molecule has 0 aliphatic carbocycles. The Morgan fingerprint density at radius 3 is 1.13 bits per heavy atom. The van der Waals surface area contributed by atoms with Gasteiger partial charge in [-0.1, -0.05) is 12.1 Å². The summed E-state index contributed by atoms with van der Waals surface area (Å²) >= 11 is 9.75. The fourth-order valence-corrected chi connectivity index (χ4v) is 15.6. The van der Waals surface area contributed by atoms with Crippen molar-refractivity contribution in [2.24, 2.45) is 0 Å². The lowest BCUT2D eigenvalue weighted by Gasteiger charge is -2.19. The molecule has 0 aliphatic heterocycles. The summed E-state index contributed by atoms with van der Waals surface area (Å²) in [6.45, 7) is 8.07. The summed E-state index contributed by atoms with van der Waals surface area (Å²) in [4.78, 5) is 10.0. The summed E-state index contributed by atoms with van der Waals surface area (Å²) in [5.41, 5.74) is 0. The average molecular weight is 767 g/mol. The van der Waals surface area contributed by atoms with E-state index in [9.17, 15) is 9.13 Å². The van der Waals surface area contributed by atoms with Crippen LogP contribution in [0.5, 0.6) is 0 Å². The molecule has 0 N–H and O–H groups in total. The van der Waals surface area contributed by atoms with Crippen LogP contribution < -0.4 is 10.6 Å². The third kappa shape index (κ3) is 6.97. The van der Waals surface area contributed by atoms with Crippen molar-refractivity contribution in [1.29, 1.82) is 0 Å². The first-order valence-corrected chi connectivity index (χ1v) is 22.8. The molecule has 0 amide bonds. The Balaban J connectivity index is 1.56. The van der Waals surface area contributed by atoms with Crippen LogP contribution in [0.15, 0.2) is 71.4 Å². The molecule has 0 fully saturated rings. The molecular weight excluding hydrogens is 735 g/mol. The van der Waals surface area contributed by atoms with Crippen LogP contribution in [0, 0.1) is 0 Å². The monoisotopic (exact) mass is 766 g/mol. The van der Waals surface area contributed by atoms with Crippen molar-refractivity contribution in [3.05, 3.63) is 71.4 Å². The van der Waals surface area contributed by atoms with Crippen molar-refractivity contribution in [2.45, 2.75) is 27.7 Å². The van der Waals surface area contributed by atoms with Crippen molar-refractivity contribution in [1.82, 2.24) is 0 Å². The van der Waals surface area contributed by atoms with E-state index < -0.39 is 15.2 Å². The van der Waals surface area contributed by atoms with Gasteiger partial charge < -0.3 is 18.1 Å². The van der Waals surface area contributed by atoms with Gasteiger partial charge in [0.1, 0.15) is 0 Å². The molecule has 6 nitrogen and oxygen atoms in total. The van der Waals surface area contributed by atoms with E-state index in [-0.39, 0.29) is 26.4 Å². The minimum atomic E-state index is -3.75. The van der Waals surface area contributed by atoms with E-state index >= 15 is 0 Å². The van der Waals surface area contributed by atoms with Crippen molar-refractivity contribution < 1.29 is 27.2 Å². The minimum Gasteiger partial charge on any atom is -0.305 e. The summed E-state index contributed by atoms with van der Waals surface area (Å²) in [5, 5.41) is 5.06. The second-order valence-corrected chi connectivity index (χ2v) is 19.8. The van der Waals surface area contributed by atoms with Gasteiger partial charge in [0.15, 0.2) is 0 Å². The number of hydrogen-bond donors (Lipinski definition) is 0. The lowest BCUT2D eigenvalue weighted by Crippen LogP contribution is -2.15. The average Bonchev–Trinajstić information content (AvgIpc) is 3.89. The first-order chi connectivity index (χ1) is 22.3. The van der Waals surface area contributed by atoms with E-state index in [1.807, 2.05) is 24.3 Å². The van der Waals surface area contributed by atoms with Crippen molar-refractivity contribution in [2.75, 3.05) is 26.4 Å². The highest BCUT2D eigenvalue weighted by Gasteiger charge is 2.39. The van der Waals surface area contributed by atoms with Gasteiger partial charge in [-0.2, -0.15) is 0 Å².